The van der Waals surface area contributed by atoms with E-state index in [0.29, 0.717) is 0 Å². The second-order valence-corrected chi connectivity index (χ2v) is 10.4. The SMILES string of the molecule is CCCCCCCCCCCCCCCCNCC(O)CCCCCCCCCCCC. The van der Waals surface area contributed by atoms with E-state index in [0.717, 1.165) is 19.5 Å². The van der Waals surface area contributed by atoms with Crippen molar-refractivity contribution in [3.05, 3.63) is 0 Å². The molecule has 2 N–H and O–H groups in total. The molecule has 0 aromatic carbocycles. The van der Waals surface area contributed by atoms with Crippen LogP contribution in [0.3, 0.4) is 0 Å². The number of nitrogens with one attached hydrogen (secondary N) is 1. The highest BCUT2D eigenvalue weighted by Gasteiger charge is 2.03. The fourth-order valence-electron chi connectivity index (χ4n) is 4.68. The largest absolute Gasteiger partial charge is 0.392 e. The van der Waals surface area contributed by atoms with Gasteiger partial charge in [0.15, 0.2) is 0 Å². The Bertz CT molecular complexity index is 320. The number of hydrogen-bond acceptors (Lipinski definition) is 2. The molecule has 0 bridgehead atoms. The maximum absolute atomic E-state index is 10.1. The summed E-state index contributed by atoms with van der Waals surface area (Å²) in [5, 5.41) is 13.6. The molecule has 194 valence electrons. The van der Waals surface area contributed by atoms with Crippen LogP contribution in [0.4, 0.5) is 0 Å². The minimum absolute atomic E-state index is 0.143. The highest BCUT2D eigenvalue weighted by Crippen LogP contribution is 2.13. The molecule has 1 atom stereocenters. The van der Waals surface area contributed by atoms with E-state index in [1.807, 2.05) is 0 Å². The van der Waals surface area contributed by atoms with Gasteiger partial charge in [-0.25, -0.2) is 0 Å². The van der Waals surface area contributed by atoms with Gasteiger partial charge >= 0.3 is 0 Å². The molecule has 0 aromatic heterocycles. The Morgan fingerprint density at radius 3 is 1.12 bits per heavy atom. The van der Waals surface area contributed by atoms with Gasteiger partial charge in [-0.2, -0.15) is 0 Å². The Balaban J connectivity index is 3.12. The zero-order valence-electron chi connectivity index (χ0n) is 22.6. The van der Waals surface area contributed by atoms with E-state index in [2.05, 4.69) is 19.2 Å². The summed E-state index contributed by atoms with van der Waals surface area (Å²) in [4.78, 5) is 0. The lowest BCUT2D eigenvalue weighted by Crippen LogP contribution is -2.27. The van der Waals surface area contributed by atoms with Crippen LogP contribution in [-0.4, -0.2) is 24.3 Å². The molecular weight excluding hydrogens is 390 g/mol. The summed E-state index contributed by atoms with van der Waals surface area (Å²) in [5.74, 6) is 0. The van der Waals surface area contributed by atoms with E-state index in [-0.39, 0.29) is 6.10 Å². The van der Waals surface area contributed by atoms with Gasteiger partial charge in [0.2, 0.25) is 0 Å². The molecule has 0 amide bonds. The third-order valence-corrected chi connectivity index (χ3v) is 6.98. The Labute approximate surface area is 204 Å². The summed E-state index contributed by atoms with van der Waals surface area (Å²) in [7, 11) is 0. The lowest BCUT2D eigenvalue weighted by atomic mass is 10.0. The molecule has 32 heavy (non-hydrogen) atoms. The van der Waals surface area contributed by atoms with Crippen LogP contribution >= 0.6 is 0 Å². The van der Waals surface area contributed by atoms with Crippen LogP contribution in [-0.2, 0) is 0 Å². The molecule has 0 aromatic rings. The van der Waals surface area contributed by atoms with Crippen molar-refractivity contribution in [3.8, 4) is 0 Å². The van der Waals surface area contributed by atoms with Crippen molar-refractivity contribution >= 4 is 0 Å². The number of unbranched alkanes of at least 4 members (excludes halogenated alkanes) is 22. The number of aliphatic hydroxyl groups excluding tert-OH is 1. The summed E-state index contributed by atoms with van der Waals surface area (Å²) in [6.07, 6.45) is 34.3. The first kappa shape index (κ1) is 31.9. The molecule has 2 nitrogen and oxygen atoms in total. The number of hydrogen-bond donors (Lipinski definition) is 2. The van der Waals surface area contributed by atoms with Crippen molar-refractivity contribution < 1.29 is 5.11 Å². The smallest absolute Gasteiger partial charge is 0.0664 e. The van der Waals surface area contributed by atoms with Gasteiger partial charge in [0.05, 0.1) is 6.10 Å². The topological polar surface area (TPSA) is 32.3 Å². The number of aliphatic hydroxyl groups is 1. The summed E-state index contributed by atoms with van der Waals surface area (Å²) in [5.41, 5.74) is 0. The van der Waals surface area contributed by atoms with Crippen molar-refractivity contribution in [3.63, 3.8) is 0 Å². The van der Waals surface area contributed by atoms with Gasteiger partial charge in [0.1, 0.15) is 0 Å². The molecule has 0 rings (SSSR count). The summed E-state index contributed by atoms with van der Waals surface area (Å²) in [6, 6.07) is 0. The molecular formula is C30H63NO. The predicted octanol–water partition coefficient (Wildman–Crippen LogP) is 9.73. The van der Waals surface area contributed by atoms with E-state index in [9.17, 15) is 5.11 Å². The monoisotopic (exact) mass is 453 g/mol. The molecule has 1 unspecified atom stereocenters. The summed E-state index contributed by atoms with van der Waals surface area (Å²) < 4.78 is 0. The minimum Gasteiger partial charge on any atom is -0.392 e. The van der Waals surface area contributed by atoms with E-state index in [1.54, 1.807) is 0 Å². The Hall–Kier alpha value is -0.0800. The molecule has 0 saturated carbocycles. The molecule has 0 aliphatic heterocycles. The lowest BCUT2D eigenvalue weighted by Gasteiger charge is -2.11. The van der Waals surface area contributed by atoms with E-state index in [1.165, 1.54) is 154 Å². The molecule has 2 heteroatoms. The maximum Gasteiger partial charge on any atom is 0.0664 e. The van der Waals surface area contributed by atoms with Crippen molar-refractivity contribution in [2.24, 2.45) is 0 Å². The van der Waals surface area contributed by atoms with E-state index < -0.39 is 0 Å². The van der Waals surface area contributed by atoms with Crippen molar-refractivity contribution in [2.75, 3.05) is 13.1 Å². The van der Waals surface area contributed by atoms with E-state index in [4.69, 9.17) is 0 Å². The van der Waals surface area contributed by atoms with Crippen molar-refractivity contribution in [2.45, 2.75) is 180 Å². The second kappa shape index (κ2) is 29.0. The normalized spacial score (nSPS) is 12.5. The van der Waals surface area contributed by atoms with Gasteiger partial charge in [0, 0.05) is 6.54 Å². The molecule has 0 fully saturated rings. The van der Waals surface area contributed by atoms with Gasteiger partial charge in [0.25, 0.3) is 0 Å². The molecule has 0 saturated heterocycles. The second-order valence-electron chi connectivity index (χ2n) is 10.4. The Morgan fingerprint density at radius 2 is 0.750 bits per heavy atom. The Kier molecular flexibility index (Phi) is 28.9. The van der Waals surface area contributed by atoms with Gasteiger partial charge in [-0.1, -0.05) is 162 Å². The average Bonchev–Trinajstić information content (AvgIpc) is 2.80. The molecule has 0 radical (unpaired) electrons. The zero-order valence-corrected chi connectivity index (χ0v) is 22.6. The van der Waals surface area contributed by atoms with Crippen LogP contribution in [0, 0.1) is 0 Å². The lowest BCUT2D eigenvalue weighted by molar-refractivity contribution is 0.158. The first-order valence-corrected chi connectivity index (χ1v) is 15.2. The summed E-state index contributed by atoms with van der Waals surface area (Å²) >= 11 is 0. The van der Waals surface area contributed by atoms with Gasteiger partial charge < -0.3 is 10.4 Å². The van der Waals surface area contributed by atoms with Crippen LogP contribution in [0.2, 0.25) is 0 Å². The minimum atomic E-state index is -0.143. The van der Waals surface area contributed by atoms with Crippen LogP contribution in [0.15, 0.2) is 0 Å². The molecule has 0 heterocycles. The predicted molar refractivity (Wildman–Crippen MR) is 146 cm³/mol. The third-order valence-electron chi connectivity index (χ3n) is 6.98. The maximum atomic E-state index is 10.1. The Morgan fingerprint density at radius 1 is 0.438 bits per heavy atom. The molecule has 0 spiro atoms. The third kappa shape index (κ3) is 28.0. The van der Waals surface area contributed by atoms with Crippen LogP contribution in [0.5, 0.6) is 0 Å². The first-order chi connectivity index (χ1) is 15.8. The van der Waals surface area contributed by atoms with E-state index >= 15 is 0 Å². The molecule has 0 aliphatic rings. The fraction of sp³-hybridized carbons (Fsp3) is 1.00. The van der Waals surface area contributed by atoms with Gasteiger partial charge in [-0.3, -0.25) is 0 Å². The summed E-state index contributed by atoms with van der Waals surface area (Å²) in [6.45, 7) is 6.44. The van der Waals surface area contributed by atoms with Crippen LogP contribution in [0.25, 0.3) is 0 Å². The molecule has 0 aliphatic carbocycles. The van der Waals surface area contributed by atoms with Crippen LogP contribution in [0.1, 0.15) is 174 Å². The number of rotatable bonds is 28. The van der Waals surface area contributed by atoms with Crippen LogP contribution < -0.4 is 5.32 Å². The highest BCUT2D eigenvalue weighted by atomic mass is 16.3. The standard InChI is InChI=1S/C30H63NO/c1-3-5-7-9-11-13-15-16-17-18-20-22-24-26-28-31-29-30(32)27-25-23-21-19-14-12-10-8-6-4-2/h30-32H,3-29H2,1-2H3. The van der Waals surface area contributed by atoms with Crippen molar-refractivity contribution in [1.29, 1.82) is 0 Å². The van der Waals surface area contributed by atoms with Gasteiger partial charge in [-0.05, 0) is 19.4 Å². The highest BCUT2D eigenvalue weighted by molar-refractivity contribution is 4.60. The first-order valence-electron chi connectivity index (χ1n) is 15.2. The fourth-order valence-corrected chi connectivity index (χ4v) is 4.68. The quantitative estimate of drug-likeness (QED) is 0.115. The van der Waals surface area contributed by atoms with Gasteiger partial charge in [-0.15, -0.1) is 0 Å². The van der Waals surface area contributed by atoms with Crippen molar-refractivity contribution in [1.82, 2.24) is 5.32 Å². The average molecular weight is 454 g/mol. The zero-order chi connectivity index (χ0) is 23.4.